The molecule has 7 nitrogen and oxygen atoms in total. The molecule has 4 rings (SSSR count). The second-order valence-electron chi connectivity index (χ2n) is 13.1. The van der Waals surface area contributed by atoms with Crippen molar-refractivity contribution in [1.82, 2.24) is 4.98 Å². The van der Waals surface area contributed by atoms with Gasteiger partial charge in [0, 0.05) is 18.0 Å². The first-order valence-corrected chi connectivity index (χ1v) is 17.4. The average molecular weight is 600 g/mol. The van der Waals surface area contributed by atoms with E-state index in [2.05, 4.69) is 46.5 Å². The SMILES string of the molecule is CC(C)[C@@H]1CC[C@@H](C)[C@H](OP(=O)(O[C@@H]2C[C@H](C(C)C)CC[C@@H]2C)[C@H](OC(=O)COc2ccccc2)c2cccnc2)C1. The number of carbonyl (C=O) groups is 1. The Balaban J connectivity index is 1.66. The molecule has 1 unspecified atom stereocenters. The van der Waals surface area contributed by atoms with E-state index < -0.39 is 19.4 Å². The molecule has 42 heavy (non-hydrogen) atoms. The van der Waals surface area contributed by atoms with Crippen LogP contribution in [0.15, 0.2) is 54.9 Å². The van der Waals surface area contributed by atoms with Gasteiger partial charge in [-0.1, -0.05) is 65.8 Å². The first-order chi connectivity index (χ1) is 20.1. The summed E-state index contributed by atoms with van der Waals surface area (Å²) < 4.78 is 40.4. The summed E-state index contributed by atoms with van der Waals surface area (Å²) in [4.78, 5) is 17.5. The molecule has 8 atom stereocenters. The molecule has 2 aliphatic carbocycles. The molecule has 0 amide bonds. The van der Waals surface area contributed by atoms with Crippen LogP contribution in [-0.2, 0) is 23.1 Å². The number of hydrogen-bond acceptors (Lipinski definition) is 7. The number of rotatable bonds is 12. The van der Waals surface area contributed by atoms with Crippen LogP contribution < -0.4 is 4.74 Å². The molecule has 2 fully saturated rings. The van der Waals surface area contributed by atoms with Crippen molar-refractivity contribution in [3.63, 3.8) is 0 Å². The number of benzene rings is 1. The van der Waals surface area contributed by atoms with Crippen LogP contribution in [0.5, 0.6) is 5.75 Å². The summed E-state index contributed by atoms with van der Waals surface area (Å²) >= 11 is 0. The zero-order valence-corrected chi connectivity index (χ0v) is 27.1. The van der Waals surface area contributed by atoms with Crippen molar-refractivity contribution < 1.29 is 27.9 Å². The van der Waals surface area contributed by atoms with E-state index in [0.717, 1.165) is 38.5 Å². The van der Waals surface area contributed by atoms with Crippen LogP contribution in [0.2, 0.25) is 0 Å². The number of carbonyl (C=O) groups excluding carboxylic acids is 1. The largest absolute Gasteiger partial charge is 0.482 e. The lowest BCUT2D eigenvalue weighted by Gasteiger charge is -2.42. The van der Waals surface area contributed by atoms with Gasteiger partial charge >= 0.3 is 13.6 Å². The smallest absolute Gasteiger partial charge is 0.376 e. The van der Waals surface area contributed by atoms with Crippen LogP contribution in [0.25, 0.3) is 0 Å². The first kappa shape index (κ1) is 32.7. The van der Waals surface area contributed by atoms with Gasteiger partial charge in [-0.25, -0.2) is 4.79 Å². The molecule has 2 saturated carbocycles. The highest BCUT2D eigenvalue weighted by Gasteiger charge is 2.48. The number of ether oxygens (including phenoxy) is 2. The fraction of sp³-hybridized carbons (Fsp3) is 0.647. The van der Waals surface area contributed by atoms with Crippen LogP contribution in [-0.4, -0.2) is 29.8 Å². The third kappa shape index (κ3) is 8.67. The van der Waals surface area contributed by atoms with Gasteiger partial charge in [-0.3, -0.25) is 9.55 Å². The maximum Gasteiger partial charge on any atom is 0.376 e. The predicted molar refractivity (Wildman–Crippen MR) is 165 cm³/mol. The molecule has 8 heteroatoms. The monoisotopic (exact) mass is 599 g/mol. The third-order valence-electron chi connectivity index (χ3n) is 9.38. The molecule has 0 radical (unpaired) electrons. The van der Waals surface area contributed by atoms with Crippen molar-refractivity contribution >= 4 is 13.6 Å². The maximum absolute atomic E-state index is 15.3. The number of esters is 1. The highest BCUT2D eigenvalue weighted by molar-refractivity contribution is 7.54. The van der Waals surface area contributed by atoms with Crippen LogP contribution in [0, 0.1) is 35.5 Å². The number of pyridine rings is 1. The molecule has 0 spiro atoms. The molecule has 2 aliphatic rings. The molecule has 0 bridgehead atoms. The summed E-state index contributed by atoms with van der Waals surface area (Å²) in [6.45, 7) is 12.9. The van der Waals surface area contributed by atoms with Crippen molar-refractivity contribution in [1.29, 1.82) is 0 Å². The van der Waals surface area contributed by atoms with Crippen molar-refractivity contribution in [2.75, 3.05) is 6.61 Å². The Hall–Kier alpha value is -2.21. The normalized spacial score (nSPS) is 28.7. The van der Waals surface area contributed by atoms with Gasteiger partial charge in [-0.05, 0) is 92.2 Å². The second-order valence-corrected chi connectivity index (χ2v) is 15.1. The maximum atomic E-state index is 15.3. The highest BCUT2D eigenvalue weighted by Crippen LogP contribution is 2.65. The average Bonchev–Trinajstić information content (AvgIpc) is 2.98. The fourth-order valence-electron chi connectivity index (χ4n) is 6.30. The van der Waals surface area contributed by atoms with Gasteiger partial charge in [-0.2, -0.15) is 0 Å². The van der Waals surface area contributed by atoms with Crippen LogP contribution in [0.1, 0.15) is 91.5 Å². The van der Waals surface area contributed by atoms with Crippen LogP contribution in [0.4, 0.5) is 0 Å². The molecule has 1 aromatic carbocycles. The zero-order chi connectivity index (χ0) is 30.3. The summed E-state index contributed by atoms with van der Waals surface area (Å²) in [5.41, 5.74) is 0.488. The van der Waals surface area contributed by atoms with E-state index in [1.165, 1.54) is 0 Å². The van der Waals surface area contributed by atoms with Gasteiger partial charge in [0.05, 0.1) is 12.2 Å². The second kappa shape index (κ2) is 15.0. The summed E-state index contributed by atoms with van der Waals surface area (Å²) in [5, 5.41) is 0. The molecule has 1 aromatic heterocycles. The molecule has 2 aromatic rings. The first-order valence-electron chi connectivity index (χ1n) is 15.8. The summed E-state index contributed by atoms with van der Waals surface area (Å²) in [6, 6.07) is 12.6. The summed E-state index contributed by atoms with van der Waals surface area (Å²) in [5.74, 6) is 0.993. The number of nitrogens with zero attached hydrogens (tertiary/aromatic N) is 1. The van der Waals surface area contributed by atoms with Crippen LogP contribution in [0.3, 0.4) is 0 Å². The van der Waals surface area contributed by atoms with Gasteiger partial charge < -0.3 is 18.5 Å². The van der Waals surface area contributed by atoms with Gasteiger partial charge in [0.15, 0.2) is 6.61 Å². The van der Waals surface area contributed by atoms with E-state index in [1.807, 2.05) is 18.2 Å². The van der Waals surface area contributed by atoms with Crippen molar-refractivity contribution in [2.45, 2.75) is 98.1 Å². The van der Waals surface area contributed by atoms with E-state index in [1.54, 1.807) is 36.7 Å². The Morgan fingerprint density at radius 2 is 1.43 bits per heavy atom. The Bertz CT molecular complexity index is 1120. The third-order valence-corrected chi connectivity index (χ3v) is 11.5. The van der Waals surface area contributed by atoms with Gasteiger partial charge in [-0.15, -0.1) is 0 Å². The van der Waals surface area contributed by atoms with E-state index in [0.29, 0.717) is 35.0 Å². The van der Waals surface area contributed by atoms with E-state index in [9.17, 15) is 4.79 Å². The number of hydrogen-bond donors (Lipinski definition) is 0. The number of aromatic nitrogens is 1. The van der Waals surface area contributed by atoms with Crippen molar-refractivity contribution in [2.24, 2.45) is 35.5 Å². The zero-order valence-electron chi connectivity index (χ0n) is 26.2. The van der Waals surface area contributed by atoms with E-state index >= 15 is 4.57 Å². The molecular formula is C34H50NO6P. The Morgan fingerprint density at radius 1 is 0.857 bits per heavy atom. The Morgan fingerprint density at radius 3 is 1.93 bits per heavy atom. The Labute approximate surface area is 252 Å². The quantitative estimate of drug-likeness (QED) is 0.178. The summed E-state index contributed by atoms with van der Waals surface area (Å²) in [6.07, 6.45) is 8.51. The van der Waals surface area contributed by atoms with E-state index in [4.69, 9.17) is 18.5 Å². The lowest BCUT2D eigenvalue weighted by Crippen LogP contribution is -2.35. The van der Waals surface area contributed by atoms with Crippen molar-refractivity contribution in [3.8, 4) is 5.75 Å². The van der Waals surface area contributed by atoms with E-state index in [-0.39, 0.29) is 30.7 Å². The minimum absolute atomic E-state index is 0.204. The van der Waals surface area contributed by atoms with Gasteiger partial charge in [0.25, 0.3) is 0 Å². The molecule has 0 aliphatic heterocycles. The minimum Gasteiger partial charge on any atom is -0.482 e. The minimum atomic E-state index is -4.06. The standard InChI is InChI=1S/C34H50NO6P/c1-23(2)27-16-14-25(5)31(19-27)40-42(37,41-32-20-28(24(3)4)17-15-26(32)6)34(29-11-10-18-35-21-29)39-33(36)22-38-30-12-8-7-9-13-30/h7-13,18,21,23-28,31-32,34H,14-17,19-20,22H2,1-6H3/t25-,26+,27-,28-,31-,32-,34+,42?/m1/s1. The fourth-order valence-corrected chi connectivity index (χ4v) is 8.67. The molecular weight excluding hydrogens is 549 g/mol. The lowest BCUT2D eigenvalue weighted by molar-refractivity contribution is -0.149. The molecule has 0 saturated heterocycles. The highest BCUT2D eigenvalue weighted by atomic mass is 31.2. The van der Waals surface area contributed by atoms with Crippen LogP contribution >= 0.6 is 7.60 Å². The number of para-hydroxylation sites is 1. The summed E-state index contributed by atoms with van der Waals surface area (Å²) in [7, 11) is -4.06. The van der Waals surface area contributed by atoms with Crippen molar-refractivity contribution in [3.05, 3.63) is 60.4 Å². The molecule has 0 N–H and O–H groups in total. The topological polar surface area (TPSA) is 84.0 Å². The van der Waals surface area contributed by atoms with Gasteiger partial charge in [0.1, 0.15) is 5.75 Å². The predicted octanol–water partition coefficient (Wildman–Crippen LogP) is 8.85. The molecule has 1 heterocycles. The van der Waals surface area contributed by atoms with Gasteiger partial charge in [0.2, 0.25) is 5.85 Å². The Kier molecular flexibility index (Phi) is 11.7. The lowest BCUT2D eigenvalue weighted by atomic mass is 9.76. The molecule has 232 valence electrons.